The Kier molecular flexibility index (Phi) is 5.34. The predicted octanol–water partition coefficient (Wildman–Crippen LogP) is 4.01. The van der Waals surface area contributed by atoms with E-state index in [1.807, 2.05) is 6.07 Å². The van der Waals surface area contributed by atoms with Gasteiger partial charge in [0.2, 0.25) is 0 Å². The molecule has 3 nitrogen and oxygen atoms in total. The zero-order chi connectivity index (χ0) is 16.9. The van der Waals surface area contributed by atoms with Crippen LogP contribution < -0.4 is 10.1 Å². The summed E-state index contributed by atoms with van der Waals surface area (Å²) in [4.78, 5) is 2.68. The standard InChI is InChI=1S/C22H28N2O/c1-2-5-18(6-3-1)17-25-21-11-9-20(10-12-21)22(19-7-4-8-19)24-15-13-23-14-16-24/h1-3,5-6,9-12,19,22-23H,4,7-8,13-17H2/t22-/m1/s1. The van der Waals surface area contributed by atoms with Crippen LogP contribution in [0, 0.1) is 5.92 Å². The molecule has 25 heavy (non-hydrogen) atoms. The summed E-state index contributed by atoms with van der Waals surface area (Å²) in [5.74, 6) is 1.79. The van der Waals surface area contributed by atoms with E-state index in [4.69, 9.17) is 4.74 Å². The minimum Gasteiger partial charge on any atom is -0.489 e. The van der Waals surface area contributed by atoms with Gasteiger partial charge in [0.15, 0.2) is 0 Å². The molecule has 0 bridgehead atoms. The summed E-state index contributed by atoms with van der Waals surface area (Å²) in [7, 11) is 0. The van der Waals surface area contributed by atoms with Crippen molar-refractivity contribution in [3.8, 4) is 5.75 Å². The van der Waals surface area contributed by atoms with Crippen molar-refractivity contribution in [3.63, 3.8) is 0 Å². The van der Waals surface area contributed by atoms with Gasteiger partial charge in [0.25, 0.3) is 0 Å². The van der Waals surface area contributed by atoms with Gasteiger partial charge in [-0.1, -0.05) is 48.9 Å². The molecule has 1 aliphatic heterocycles. The molecule has 3 heteroatoms. The number of piperazine rings is 1. The Balaban J connectivity index is 1.43. The molecule has 0 radical (unpaired) electrons. The second-order valence-corrected chi connectivity index (χ2v) is 7.27. The molecule has 1 saturated heterocycles. The highest BCUT2D eigenvalue weighted by molar-refractivity contribution is 5.30. The van der Waals surface area contributed by atoms with Crippen LogP contribution >= 0.6 is 0 Å². The van der Waals surface area contributed by atoms with E-state index in [1.165, 1.54) is 30.4 Å². The first-order valence-corrected chi connectivity index (χ1v) is 9.61. The Morgan fingerprint density at radius 2 is 1.68 bits per heavy atom. The third-order valence-electron chi connectivity index (χ3n) is 5.61. The van der Waals surface area contributed by atoms with Crippen molar-refractivity contribution in [2.24, 2.45) is 5.92 Å². The zero-order valence-electron chi connectivity index (χ0n) is 14.9. The maximum Gasteiger partial charge on any atom is 0.119 e. The molecule has 0 amide bonds. The van der Waals surface area contributed by atoms with Gasteiger partial charge in [0.05, 0.1) is 0 Å². The minimum atomic E-state index is 0.582. The van der Waals surface area contributed by atoms with E-state index in [9.17, 15) is 0 Å². The lowest BCUT2D eigenvalue weighted by Gasteiger charge is -2.43. The molecule has 1 N–H and O–H groups in total. The molecule has 2 aromatic rings. The molecule has 132 valence electrons. The molecule has 2 aliphatic rings. The topological polar surface area (TPSA) is 24.5 Å². The van der Waals surface area contributed by atoms with E-state index in [2.05, 4.69) is 58.7 Å². The quantitative estimate of drug-likeness (QED) is 0.862. The Morgan fingerprint density at radius 3 is 2.32 bits per heavy atom. The number of benzene rings is 2. The average molecular weight is 336 g/mol. The van der Waals surface area contributed by atoms with Crippen LogP contribution in [0.5, 0.6) is 5.75 Å². The van der Waals surface area contributed by atoms with Gasteiger partial charge >= 0.3 is 0 Å². The summed E-state index contributed by atoms with van der Waals surface area (Å²) in [6.45, 7) is 5.17. The number of rotatable bonds is 6. The van der Waals surface area contributed by atoms with Crippen LogP contribution in [0.3, 0.4) is 0 Å². The normalized spacial score (nSPS) is 20.0. The van der Waals surface area contributed by atoms with E-state index in [0.717, 1.165) is 37.8 Å². The Morgan fingerprint density at radius 1 is 0.960 bits per heavy atom. The lowest BCUT2D eigenvalue weighted by Crippen LogP contribution is -2.47. The highest BCUT2D eigenvalue weighted by Gasteiger charge is 2.33. The molecule has 4 rings (SSSR count). The maximum atomic E-state index is 5.95. The molecule has 2 aromatic carbocycles. The molecule has 0 unspecified atom stereocenters. The Labute approximate surface area is 151 Å². The van der Waals surface area contributed by atoms with E-state index in [-0.39, 0.29) is 0 Å². The van der Waals surface area contributed by atoms with Gasteiger partial charge in [-0.05, 0) is 42.0 Å². The second kappa shape index (κ2) is 8.03. The van der Waals surface area contributed by atoms with Crippen LogP contribution in [-0.4, -0.2) is 31.1 Å². The van der Waals surface area contributed by atoms with Crippen LogP contribution in [0.1, 0.15) is 36.4 Å². The minimum absolute atomic E-state index is 0.582. The molecule has 0 aromatic heterocycles. The fourth-order valence-corrected chi connectivity index (χ4v) is 4.00. The largest absolute Gasteiger partial charge is 0.489 e. The molecular formula is C22H28N2O. The molecule has 1 saturated carbocycles. The fourth-order valence-electron chi connectivity index (χ4n) is 4.00. The van der Waals surface area contributed by atoms with Gasteiger partial charge < -0.3 is 10.1 Å². The summed E-state index contributed by atoms with van der Waals surface area (Å²) in [6, 6.07) is 19.8. The third kappa shape index (κ3) is 4.05. The number of ether oxygens (including phenoxy) is 1. The van der Waals surface area contributed by atoms with Crippen molar-refractivity contribution >= 4 is 0 Å². The first kappa shape index (κ1) is 16.6. The smallest absolute Gasteiger partial charge is 0.119 e. The Bertz CT molecular complexity index is 645. The SMILES string of the molecule is c1ccc(COc2ccc([C@@H](C3CCC3)N3CCNCC3)cc2)cc1. The summed E-state index contributed by atoms with van der Waals surface area (Å²) in [5.41, 5.74) is 2.67. The fraction of sp³-hybridized carbons (Fsp3) is 0.455. The first-order chi connectivity index (χ1) is 12.4. The van der Waals surface area contributed by atoms with E-state index in [0.29, 0.717) is 12.6 Å². The summed E-state index contributed by atoms with van der Waals surface area (Å²) < 4.78 is 5.95. The number of nitrogens with zero attached hydrogens (tertiary/aromatic N) is 1. The van der Waals surface area contributed by atoms with Gasteiger partial charge in [-0.25, -0.2) is 0 Å². The van der Waals surface area contributed by atoms with Crippen LogP contribution in [0.4, 0.5) is 0 Å². The average Bonchev–Trinajstić information content (AvgIpc) is 2.65. The zero-order valence-corrected chi connectivity index (χ0v) is 14.9. The van der Waals surface area contributed by atoms with Crippen molar-refractivity contribution in [1.29, 1.82) is 0 Å². The van der Waals surface area contributed by atoms with Crippen LogP contribution in [-0.2, 0) is 6.61 Å². The van der Waals surface area contributed by atoms with Gasteiger partial charge in [0, 0.05) is 32.2 Å². The maximum absolute atomic E-state index is 5.95. The van der Waals surface area contributed by atoms with E-state index in [1.54, 1.807) is 0 Å². The van der Waals surface area contributed by atoms with Crippen LogP contribution in [0.15, 0.2) is 54.6 Å². The van der Waals surface area contributed by atoms with Gasteiger partial charge in [-0.2, -0.15) is 0 Å². The van der Waals surface area contributed by atoms with Gasteiger partial charge in [0.1, 0.15) is 12.4 Å². The number of hydrogen-bond donors (Lipinski definition) is 1. The number of hydrogen-bond acceptors (Lipinski definition) is 3. The van der Waals surface area contributed by atoms with Gasteiger partial charge in [-0.15, -0.1) is 0 Å². The molecule has 1 atom stereocenters. The molecule has 2 fully saturated rings. The lowest BCUT2D eigenvalue weighted by atomic mass is 9.76. The van der Waals surface area contributed by atoms with E-state index >= 15 is 0 Å². The number of nitrogens with one attached hydrogen (secondary N) is 1. The third-order valence-corrected chi connectivity index (χ3v) is 5.61. The Hall–Kier alpha value is -1.84. The highest BCUT2D eigenvalue weighted by Crippen LogP contribution is 2.41. The van der Waals surface area contributed by atoms with Gasteiger partial charge in [-0.3, -0.25) is 4.90 Å². The monoisotopic (exact) mass is 336 g/mol. The molecule has 1 heterocycles. The van der Waals surface area contributed by atoms with Crippen molar-refractivity contribution in [1.82, 2.24) is 10.2 Å². The second-order valence-electron chi connectivity index (χ2n) is 7.27. The van der Waals surface area contributed by atoms with Crippen molar-refractivity contribution in [2.75, 3.05) is 26.2 Å². The molecular weight excluding hydrogens is 308 g/mol. The first-order valence-electron chi connectivity index (χ1n) is 9.61. The van der Waals surface area contributed by atoms with E-state index < -0.39 is 0 Å². The lowest BCUT2D eigenvalue weighted by molar-refractivity contribution is 0.0836. The summed E-state index contributed by atoms with van der Waals surface area (Å²) >= 11 is 0. The predicted molar refractivity (Wildman–Crippen MR) is 102 cm³/mol. The van der Waals surface area contributed by atoms with Crippen molar-refractivity contribution in [2.45, 2.75) is 31.9 Å². The highest BCUT2D eigenvalue weighted by atomic mass is 16.5. The van der Waals surface area contributed by atoms with Crippen LogP contribution in [0.25, 0.3) is 0 Å². The van der Waals surface area contributed by atoms with Crippen molar-refractivity contribution < 1.29 is 4.74 Å². The van der Waals surface area contributed by atoms with Crippen LogP contribution in [0.2, 0.25) is 0 Å². The summed E-state index contributed by atoms with van der Waals surface area (Å²) in [6.07, 6.45) is 4.15. The molecule has 0 spiro atoms. The molecule has 1 aliphatic carbocycles. The van der Waals surface area contributed by atoms with Crippen molar-refractivity contribution in [3.05, 3.63) is 65.7 Å². The summed E-state index contributed by atoms with van der Waals surface area (Å²) in [5, 5.41) is 3.48.